The predicted molar refractivity (Wildman–Crippen MR) is 105 cm³/mol. The summed E-state index contributed by atoms with van der Waals surface area (Å²) in [6.07, 6.45) is 4.05. The standard InChI is InChI=1S/C10H16O4S.C9H10BrN/c1-9(2)7-3-4-10(9,8(11)5-7)6-15(12,13)14;10-8-2-1-6-4-9(11)5-7(6)3-8/h7H,3-6H2,1-2H3,(H,12,13,14);1-3,9H,4-5,11H2/t7-,10-;9-/m11/s1. The van der Waals surface area contributed by atoms with Crippen molar-refractivity contribution >= 4 is 31.8 Å². The Kier molecular flexibility index (Phi) is 5.14. The van der Waals surface area contributed by atoms with Crippen molar-refractivity contribution in [3.05, 3.63) is 33.8 Å². The topological polar surface area (TPSA) is 97.5 Å². The molecule has 2 bridgehead atoms. The Morgan fingerprint density at radius 2 is 1.88 bits per heavy atom. The lowest BCUT2D eigenvalue weighted by atomic mass is 9.70. The van der Waals surface area contributed by atoms with E-state index in [9.17, 15) is 13.2 Å². The average Bonchev–Trinajstić information content (AvgIpc) is 3.03. The van der Waals surface area contributed by atoms with Gasteiger partial charge in [0.1, 0.15) is 5.78 Å². The molecule has 0 spiro atoms. The fraction of sp³-hybridized carbons (Fsp3) is 0.632. The van der Waals surface area contributed by atoms with Gasteiger partial charge in [-0.15, -0.1) is 0 Å². The van der Waals surface area contributed by atoms with Gasteiger partial charge in [-0.1, -0.05) is 35.8 Å². The van der Waals surface area contributed by atoms with Crippen LogP contribution in [0.5, 0.6) is 0 Å². The van der Waals surface area contributed by atoms with Gasteiger partial charge in [0.15, 0.2) is 0 Å². The molecule has 26 heavy (non-hydrogen) atoms. The van der Waals surface area contributed by atoms with Crippen LogP contribution < -0.4 is 5.73 Å². The van der Waals surface area contributed by atoms with E-state index in [1.54, 1.807) is 0 Å². The average molecular weight is 444 g/mol. The molecule has 0 unspecified atom stereocenters. The molecule has 4 rings (SSSR count). The molecule has 0 amide bonds. The van der Waals surface area contributed by atoms with Gasteiger partial charge >= 0.3 is 0 Å². The Labute approximate surface area is 163 Å². The highest BCUT2D eigenvalue weighted by atomic mass is 79.9. The predicted octanol–water partition coefficient (Wildman–Crippen LogP) is 3.14. The van der Waals surface area contributed by atoms with Crippen LogP contribution in [0.25, 0.3) is 0 Å². The maximum Gasteiger partial charge on any atom is 0.265 e. The van der Waals surface area contributed by atoms with Crippen molar-refractivity contribution in [2.45, 2.75) is 52.0 Å². The molecule has 5 nitrogen and oxygen atoms in total. The number of halogens is 1. The van der Waals surface area contributed by atoms with Crippen molar-refractivity contribution in [2.75, 3.05) is 5.75 Å². The smallest absolute Gasteiger partial charge is 0.265 e. The quantitative estimate of drug-likeness (QED) is 0.683. The van der Waals surface area contributed by atoms with Gasteiger partial charge in [0.2, 0.25) is 0 Å². The maximum absolute atomic E-state index is 11.9. The van der Waals surface area contributed by atoms with Crippen molar-refractivity contribution < 1.29 is 17.8 Å². The summed E-state index contributed by atoms with van der Waals surface area (Å²) in [6, 6.07) is 6.75. The van der Waals surface area contributed by atoms with Crippen LogP contribution in [0.2, 0.25) is 0 Å². The first-order valence-corrected chi connectivity index (χ1v) is 11.4. The third-order valence-electron chi connectivity index (χ3n) is 6.70. The summed E-state index contributed by atoms with van der Waals surface area (Å²) in [6.45, 7) is 3.89. The first-order chi connectivity index (χ1) is 11.9. The number of nitrogens with two attached hydrogens (primary N) is 1. The van der Waals surface area contributed by atoms with Crippen LogP contribution in [0.4, 0.5) is 0 Å². The number of fused-ring (bicyclic) bond motifs is 3. The fourth-order valence-electron chi connectivity index (χ4n) is 5.04. The zero-order valence-electron chi connectivity index (χ0n) is 15.2. The summed E-state index contributed by atoms with van der Waals surface area (Å²) in [5.74, 6) is -0.101. The number of carbonyl (C=O) groups excluding carboxylic acids is 1. The molecule has 0 radical (unpaired) electrons. The van der Waals surface area contributed by atoms with E-state index >= 15 is 0 Å². The molecule has 2 fully saturated rings. The van der Waals surface area contributed by atoms with Crippen LogP contribution in [-0.4, -0.2) is 30.5 Å². The van der Waals surface area contributed by atoms with E-state index in [4.69, 9.17) is 10.3 Å². The van der Waals surface area contributed by atoms with E-state index in [-0.39, 0.29) is 17.1 Å². The molecule has 0 aromatic heterocycles. The molecular weight excluding hydrogens is 418 g/mol. The van der Waals surface area contributed by atoms with Crippen LogP contribution >= 0.6 is 15.9 Å². The van der Waals surface area contributed by atoms with Crippen LogP contribution in [0.3, 0.4) is 0 Å². The summed E-state index contributed by atoms with van der Waals surface area (Å²) in [5, 5.41) is 0. The molecule has 3 aliphatic rings. The third kappa shape index (κ3) is 3.51. The van der Waals surface area contributed by atoms with Gasteiger partial charge in [-0.2, -0.15) is 8.42 Å². The van der Waals surface area contributed by atoms with Gasteiger partial charge in [-0.05, 0) is 60.3 Å². The van der Waals surface area contributed by atoms with E-state index < -0.39 is 21.3 Å². The fourth-order valence-corrected chi connectivity index (χ4v) is 6.75. The molecule has 1 aromatic carbocycles. The molecule has 3 atom stereocenters. The molecule has 144 valence electrons. The number of ketones is 1. The largest absolute Gasteiger partial charge is 0.327 e. The van der Waals surface area contributed by atoms with Crippen molar-refractivity contribution in [3.63, 3.8) is 0 Å². The van der Waals surface area contributed by atoms with Gasteiger partial charge in [-0.3, -0.25) is 9.35 Å². The van der Waals surface area contributed by atoms with E-state index in [1.165, 1.54) is 11.1 Å². The zero-order chi connectivity index (χ0) is 19.3. The van der Waals surface area contributed by atoms with Crippen LogP contribution in [0.1, 0.15) is 44.2 Å². The van der Waals surface area contributed by atoms with Gasteiger partial charge in [0, 0.05) is 16.9 Å². The van der Waals surface area contributed by atoms with Crippen molar-refractivity contribution in [3.8, 4) is 0 Å². The second-order valence-electron chi connectivity index (χ2n) is 8.47. The van der Waals surface area contributed by atoms with Gasteiger partial charge in [0.05, 0.1) is 11.2 Å². The highest BCUT2D eigenvalue weighted by molar-refractivity contribution is 9.10. The Bertz CT molecular complexity index is 836. The monoisotopic (exact) mass is 443 g/mol. The van der Waals surface area contributed by atoms with Gasteiger partial charge in [0.25, 0.3) is 10.1 Å². The highest BCUT2D eigenvalue weighted by Gasteiger charge is 2.65. The lowest BCUT2D eigenvalue weighted by molar-refractivity contribution is -0.128. The van der Waals surface area contributed by atoms with E-state index in [0.29, 0.717) is 18.9 Å². The summed E-state index contributed by atoms with van der Waals surface area (Å²) in [4.78, 5) is 11.9. The SMILES string of the molecule is CC1(C)[C@@H]2CC[C@@]1(CS(=O)(=O)O)C(=O)C2.N[C@@H]1Cc2ccc(Br)cc2C1. The number of hydrogen-bond acceptors (Lipinski definition) is 4. The van der Waals surface area contributed by atoms with Crippen LogP contribution in [-0.2, 0) is 27.8 Å². The molecule has 2 saturated carbocycles. The third-order valence-corrected chi connectivity index (χ3v) is 8.05. The first kappa shape index (κ1) is 20.0. The number of Topliss-reactive ketones (excluding diaryl/α,β-unsaturated/α-hetero) is 1. The zero-order valence-corrected chi connectivity index (χ0v) is 17.6. The molecular formula is C19H26BrNO4S. The Morgan fingerprint density at radius 1 is 1.23 bits per heavy atom. The molecule has 0 saturated heterocycles. The number of benzene rings is 1. The lowest BCUT2D eigenvalue weighted by Gasteiger charge is -2.35. The normalized spacial score (nSPS) is 31.5. The van der Waals surface area contributed by atoms with E-state index in [2.05, 4.69) is 34.1 Å². The van der Waals surface area contributed by atoms with Gasteiger partial charge in [-0.25, -0.2) is 0 Å². The molecule has 0 aliphatic heterocycles. The Balaban J connectivity index is 0.000000158. The lowest BCUT2D eigenvalue weighted by Crippen LogP contribution is -2.42. The molecule has 3 N–H and O–H groups in total. The summed E-state index contributed by atoms with van der Waals surface area (Å²) < 4.78 is 32.1. The van der Waals surface area contributed by atoms with Crippen molar-refractivity contribution in [1.29, 1.82) is 0 Å². The minimum atomic E-state index is -4.08. The summed E-state index contributed by atoms with van der Waals surface area (Å²) >= 11 is 3.44. The van der Waals surface area contributed by atoms with Gasteiger partial charge < -0.3 is 5.73 Å². The van der Waals surface area contributed by atoms with E-state index in [1.807, 2.05) is 13.8 Å². The minimum Gasteiger partial charge on any atom is -0.327 e. The number of rotatable bonds is 2. The van der Waals surface area contributed by atoms with E-state index in [0.717, 1.165) is 23.7 Å². The van der Waals surface area contributed by atoms with Crippen molar-refractivity contribution in [1.82, 2.24) is 0 Å². The first-order valence-electron chi connectivity index (χ1n) is 8.96. The Hall–Kier alpha value is -0.760. The molecule has 7 heteroatoms. The number of hydrogen-bond donors (Lipinski definition) is 2. The van der Waals surface area contributed by atoms with Crippen LogP contribution in [0.15, 0.2) is 22.7 Å². The van der Waals surface area contributed by atoms with Crippen molar-refractivity contribution in [2.24, 2.45) is 22.5 Å². The second-order valence-corrected chi connectivity index (χ2v) is 10.8. The molecule has 1 aromatic rings. The molecule has 0 heterocycles. The minimum absolute atomic E-state index is 0.0152. The number of carbonyl (C=O) groups is 1. The summed E-state index contributed by atoms with van der Waals surface area (Å²) in [5.41, 5.74) is 7.53. The summed E-state index contributed by atoms with van der Waals surface area (Å²) in [7, 11) is -4.08. The van der Waals surface area contributed by atoms with Crippen LogP contribution in [0, 0.1) is 16.7 Å². The Morgan fingerprint density at radius 3 is 2.42 bits per heavy atom. The molecule has 3 aliphatic carbocycles. The second kappa shape index (κ2) is 6.69. The highest BCUT2D eigenvalue weighted by Crippen LogP contribution is 2.64. The maximum atomic E-state index is 11.9.